The highest BCUT2D eigenvalue weighted by atomic mass is 16.5. The minimum absolute atomic E-state index is 0.224. The summed E-state index contributed by atoms with van der Waals surface area (Å²) in [5.74, 6) is 1.58. The maximum absolute atomic E-state index is 13.4. The van der Waals surface area contributed by atoms with Gasteiger partial charge in [0.2, 0.25) is 5.82 Å². The molecule has 7 nitrogen and oxygen atoms in total. The Labute approximate surface area is 204 Å². The molecule has 0 radical (unpaired) electrons. The molecule has 0 fully saturated rings. The lowest BCUT2D eigenvalue weighted by molar-refractivity contribution is 0.244. The quantitative estimate of drug-likeness (QED) is 0.386. The second kappa shape index (κ2) is 9.10. The fraction of sp³-hybridized carbons (Fsp3) is 0.179. The number of rotatable bonds is 5. The molecule has 176 valence electrons. The van der Waals surface area contributed by atoms with Crippen LogP contribution in [0.3, 0.4) is 0 Å². The summed E-state index contributed by atoms with van der Waals surface area (Å²) in [6.07, 6.45) is 0. The summed E-state index contributed by atoms with van der Waals surface area (Å²) in [7, 11) is 1.62. The van der Waals surface area contributed by atoms with Crippen LogP contribution in [0.4, 0.5) is 10.5 Å². The Morgan fingerprint density at radius 3 is 2.37 bits per heavy atom. The van der Waals surface area contributed by atoms with Gasteiger partial charge in [-0.1, -0.05) is 53.7 Å². The number of aromatic nitrogens is 2. The molecule has 1 aliphatic rings. The maximum atomic E-state index is 13.4. The number of nitrogens with zero attached hydrogens (tertiary/aromatic N) is 3. The average molecular weight is 467 g/mol. The van der Waals surface area contributed by atoms with Gasteiger partial charge in [-0.05, 0) is 61.7 Å². The zero-order valence-corrected chi connectivity index (χ0v) is 20.1. The molecule has 1 aromatic heterocycles. The third-order valence-electron chi connectivity index (χ3n) is 6.37. The molecule has 0 saturated carbocycles. The van der Waals surface area contributed by atoms with E-state index in [1.807, 2.05) is 93.6 Å². The monoisotopic (exact) mass is 466 g/mol. The summed E-state index contributed by atoms with van der Waals surface area (Å²) in [5.41, 5.74) is 6.24. The number of ether oxygens (including phenoxy) is 1. The van der Waals surface area contributed by atoms with Crippen LogP contribution in [0.2, 0.25) is 0 Å². The summed E-state index contributed by atoms with van der Waals surface area (Å²) in [6.45, 7) is 5.99. The largest absolute Gasteiger partial charge is 0.497 e. The summed E-state index contributed by atoms with van der Waals surface area (Å²) < 4.78 is 11.1. The number of hydrogen-bond acceptors (Lipinski definition) is 5. The van der Waals surface area contributed by atoms with E-state index < -0.39 is 6.04 Å². The van der Waals surface area contributed by atoms with E-state index in [1.165, 1.54) is 0 Å². The van der Waals surface area contributed by atoms with E-state index in [0.717, 1.165) is 45.0 Å². The van der Waals surface area contributed by atoms with Crippen LogP contribution in [0.25, 0.3) is 17.0 Å². The van der Waals surface area contributed by atoms with E-state index in [4.69, 9.17) is 14.2 Å². The first-order valence-electron chi connectivity index (χ1n) is 11.4. The van der Waals surface area contributed by atoms with Gasteiger partial charge >= 0.3 is 6.03 Å². The van der Waals surface area contributed by atoms with Crippen LogP contribution in [-0.2, 0) is 0 Å². The van der Waals surface area contributed by atoms with Crippen LogP contribution in [-0.4, -0.2) is 23.3 Å². The Bertz CT molecular complexity index is 1410. The number of carbonyl (C=O) groups is 1. The third-order valence-corrected chi connectivity index (χ3v) is 6.37. The normalized spacial score (nSPS) is 15.8. The molecule has 2 amide bonds. The highest BCUT2D eigenvalue weighted by Crippen LogP contribution is 2.39. The van der Waals surface area contributed by atoms with E-state index in [2.05, 4.69) is 10.5 Å². The van der Waals surface area contributed by atoms with Gasteiger partial charge in [-0.15, -0.1) is 0 Å². The summed E-state index contributed by atoms with van der Waals surface area (Å²) in [5, 5.41) is 7.36. The molecule has 4 aromatic rings. The predicted octanol–water partition coefficient (Wildman–Crippen LogP) is 6.06. The van der Waals surface area contributed by atoms with Crippen molar-refractivity contribution in [2.24, 2.45) is 0 Å². The first kappa shape index (κ1) is 22.4. The van der Waals surface area contributed by atoms with E-state index in [9.17, 15) is 4.79 Å². The molecular formula is C28H26N4O3. The topological polar surface area (TPSA) is 80.5 Å². The molecule has 35 heavy (non-hydrogen) atoms. The number of hydrogen-bond donors (Lipinski definition) is 1. The van der Waals surface area contributed by atoms with Gasteiger partial charge in [-0.25, -0.2) is 4.79 Å². The van der Waals surface area contributed by atoms with Crippen LogP contribution in [0, 0.1) is 13.8 Å². The number of aryl methyl sites for hydroxylation is 2. The van der Waals surface area contributed by atoms with Crippen LogP contribution in [0.5, 0.6) is 5.75 Å². The van der Waals surface area contributed by atoms with Crippen molar-refractivity contribution in [2.75, 3.05) is 12.0 Å². The molecule has 2 heterocycles. The number of nitrogens with one attached hydrogen (secondary N) is 1. The molecule has 0 aliphatic carbocycles. The smallest absolute Gasteiger partial charge is 0.326 e. The number of anilines is 1. The van der Waals surface area contributed by atoms with E-state index >= 15 is 0 Å². The van der Waals surface area contributed by atoms with Gasteiger partial charge in [-0.2, -0.15) is 4.98 Å². The lowest BCUT2D eigenvalue weighted by Gasteiger charge is -2.35. The van der Waals surface area contributed by atoms with Crippen molar-refractivity contribution in [1.82, 2.24) is 15.5 Å². The average Bonchev–Trinajstić information content (AvgIpc) is 3.36. The van der Waals surface area contributed by atoms with Crippen molar-refractivity contribution >= 4 is 17.3 Å². The number of benzene rings is 3. The maximum Gasteiger partial charge on any atom is 0.326 e. The van der Waals surface area contributed by atoms with Crippen molar-refractivity contribution in [3.63, 3.8) is 0 Å². The molecule has 7 heteroatoms. The highest BCUT2D eigenvalue weighted by molar-refractivity contribution is 6.01. The molecule has 1 aliphatic heterocycles. The van der Waals surface area contributed by atoms with Crippen LogP contribution in [0.1, 0.15) is 35.5 Å². The zero-order chi connectivity index (χ0) is 24.5. The fourth-order valence-corrected chi connectivity index (χ4v) is 4.28. The molecule has 0 saturated heterocycles. The second-order valence-electron chi connectivity index (χ2n) is 8.55. The van der Waals surface area contributed by atoms with E-state index in [0.29, 0.717) is 11.7 Å². The van der Waals surface area contributed by atoms with Crippen molar-refractivity contribution in [1.29, 1.82) is 0 Å². The van der Waals surface area contributed by atoms with E-state index in [-0.39, 0.29) is 6.03 Å². The summed E-state index contributed by atoms with van der Waals surface area (Å²) in [4.78, 5) is 19.8. The Hall–Kier alpha value is -4.39. The first-order chi connectivity index (χ1) is 17.0. The zero-order valence-electron chi connectivity index (χ0n) is 20.1. The summed E-state index contributed by atoms with van der Waals surface area (Å²) in [6, 6.07) is 22.5. The number of methoxy groups -OCH3 is 1. The Morgan fingerprint density at radius 2 is 1.69 bits per heavy atom. The van der Waals surface area contributed by atoms with Gasteiger partial charge in [0.1, 0.15) is 5.75 Å². The summed E-state index contributed by atoms with van der Waals surface area (Å²) >= 11 is 0. The molecule has 1 N–H and O–H groups in total. The van der Waals surface area contributed by atoms with Gasteiger partial charge in [0, 0.05) is 11.3 Å². The van der Waals surface area contributed by atoms with Crippen LogP contribution in [0.15, 0.2) is 83.0 Å². The fourth-order valence-electron chi connectivity index (χ4n) is 4.28. The number of urea groups is 1. The number of amides is 2. The second-order valence-corrected chi connectivity index (χ2v) is 8.55. The first-order valence-corrected chi connectivity index (χ1v) is 11.4. The molecule has 1 atom stereocenters. The van der Waals surface area contributed by atoms with Gasteiger partial charge in [0.25, 0.3) is 5.89 Å². The van der Waals surface area contributed by atoms with Gasteiger partial charge in [0.15, 0.2) is 0 Å². The Morgan fingerprint density at radius 1 is 0.943 bits per heavy atom. The van der Waals surface area contributed by atoms with Crippen LogP contribution >= 0.6 is 0 Å². The standard InChI is InChI=1S/C28H26N4O3/c1-17-10-13-22(16-18(17)2)32-19(3)24(27-30-26(31-35-27)21-8-6-5-7-9-21)25(29-28(32)33)20-11-14-23(34-4)15-12-20/h5-16,25H,1-4H3,(H,29,33). The minimum atomic E-state index is -0.472. The molecule has 0 spiro atoms. The SMILES string of the molecule is COc1ccc(C2NC(=O)N(c3ccc(C)c(C)c3)C(C)=C2c2nc(-c3ccccc3)no2)cc1. The third kappa shape index (κ3) is 4.17. The van der Waals surface area contributed by atoms with Gasteiger partial charge < -0.3 is 14.6 Å². The predicted molar refractivity (Wildman–Crippen MR) is 135 cm³/mol. The number of carbonyl (C=O) groups excluding carboxylic acids is 1. The van der Waals surface area contributed by atoms with Crippen LogP contribution < -0.4 is 15.0 Å². The van der Waals surface area contributed by atoms with Gasteiger partial charge in [0.05, 0.1) is 24.4 Å². The molecule has 5 rings (SSSR count). The van der Waals surface area contributed by atoms with Crippen molar-refractivity contribution < 1.29 is 14.1 Å². The van der Waals surface area contributed by atoms with Crippen molar-refractivity contribution in [3.8, 4) is 17.1 Å². The Balaban J connectivity index is 1.65. The highest BCUT2D eigenvalue weighted by Gasteiger charge is 2.36. The van der Waals surface area contributed by atoms with Crippen molar-refractivity contribution in [3.05, 3.63) is 101 Å². The lowest BCUT2D eigenvalue weighted by Crippen LogP contribution is -2.46. The van der Waals surface area contributed by atoms with E-state index in [1.54, 1.807) is 12.0 Å². The molecule has 1 unspecified atom stereocenters. The lowest BCUT2D eigenvalue weighted by atomic mass is 9.94. The van der Waals surface area contributed by atoms with Gasteiger partial charge in [-0.3, -0.25) is 4.90 Å². The minimum Gasteiger partial charge on any atom is -0.497 e. The Kier molecular flexibility index (Phi) is 5.82. The molecule has 3 aromatic carbocycles. The molecule has 0 bridgehead atoms. The van der Waals surface area contributed by atoms with Crippen molar-refractivity contribution in [2.45, 2.75) is 26.8 Å². The number of allylic oxidation sites excluding steroid dienone is 1. The molecular weight excluding hydrogens is 440 g/mol.